The highest BCUT2D eigenvalue weighted by molar-refractivity contribution is 7.16. The van der Waals surface area contributed by atoms with Crippen molar-refractivity contribution in [2.24, 2.45) is 0 Å². The van der Waals surface area contributed by atoms with Crippen molar-refractivity contribution in [1.29, 1.82) is 0 Å². The minimum atomic E-state index is -0.0313. The molecule has 0 atom stereocenters. The molecule has 1 aliphatic rings. The Morgan fingerprint density at radius 3 is 2.67 bits per heavy atom. The molecular weight excluding hydrogens is 230 g/mol. The van der Waals surface area contributed by atoms with Gasteiger partial charge in [-0.1, -0.05) is 24.4 Å². The minimum absolute atomic E-state index is 0.0313. The summed E-state index contributed by atoms with van der Waals surface area (Å²) in [5, 5.41) is 12.9. The molecule has 0 saturated heterocycles. The summed E-state index contributed by atoms with van der Waals surface area (Å²) in [7, 11) is 0. The molecule has 1 aromatic rings. The molecule has 0 amide bonds. The van der Waals surface area contributed by atoms with Crippen LogP contribution in [0.15, 0.2) is 12.1 Å². The maximum Gasteiger partial charge on any atom is 0.0931 e. The molecule has 0 unspecified atom stereocenters. The van der Waals surface area contributed by atoms with E-state index in [0.29, 0.717) is 0 Å². The number of aliphatic hydroxyl groups excluding tert-OH is 1. The van der Waals surface area contributed by atoms with Gasteiger partial charge >= 0.3 is 0 Å². The van der Waals surface area contributed by atoms with Crippen LogP contribution in [0.25, 0.3) is 0 Å². The topological polar surface area (TPSA) is 32.3 Å². The predicted molar refractivity (Wildman–Crippen MR) is 64.5 cm³/mol. The summed E-state index contributed by atoms with van der Waals surface area (Å²) in [4.78, 5) is 1.24. The van der Waals surface area contributed by atoms with E-state index in [2.05, 4.69) is 5.32 Å². The van der Waals surface area contributed by atoms with Crippen molar-refractivity contribution in [2.45, 2.75) is 37.8 Å². The summed E-state index contributed by atoms with van der Waals surface area (Å²) in [6.45, 7) is 1.06. The van der Waals surface area contributed by atoms with Crippen LogP contribution in [0.4, 0.5) is 0 Å². The molecule has 1 saturated carbocycles. The number of thiophene rings is 1. The van der Waals surface area contributed by atoms with E-state index in [-0.39, 0.29) is 12.1 Å². The van der Waals surface area contributed by atoms with Crippen LogP contribution in [0.5, 0.6) is 0 Å². The standard InChI is InChI=1S/C11H16ClNOS/c12-10-4-3-9(15-10)7-13-11(8-14)5-1-2-6-11/h3-4,13-14H,1-2,5-8H2. The first-order chi connectivity index (χ1) is 7.24. The van der Waals surface area contributed by atoms with E-state index >= 15 is 0 Å². The molecule has 1 heterocycles. The van der Waals surface area contributed by atoms with E-state index in [1.165, 1.54) is 17.7 Å². The molecule has 0 bridgehead atoms. The highest BCUT2D eigenvalue weighted by atomic mass is 35.5. The Bertz CT molecular complexity index is 320. The average molecular weight is 246 g/mol. The molecule has 15 heavy (non-hydrogen) atoms. The van der Waals surface area contributed by atoms with Gasteiger partial charge in [0.15, 0.2) is 0 Å². The second kappa shape index (κ2) is 4.83. The van der Waals surface area contributed by atoms with Crippen molar-refractivity contribution in [3.63, 3.8) is 0 Å². The maximum absolute atomic E-state index is 9.41. The number of hydrogen-bond acceptors (Lipinski definition) is 3. The van der Waals surface area contributed by atoms with Gasteiger partial charge in [-0.05, 0) is 25.0 Å². The molecule has 2 nitrogen and oxygen atoms in total. The Hall–Kier alpha value is -0.0900. The van der Waals surface area contributed by atoms with Gasteiger partial charge in [-0.2, -0.15) is 0 Å². The lowest BCUT2D eigenvalue weighted by Crippen LogP contribution is -2.45. The zero-order valence-electron chi connectivity index (χ0n) is 8.63. The summed E-state index contributed by atoms with van der Waals surface area (Å²) in [6.07, 6.45) is 4.61. The van der Waals surface area contributed by atoms with Gasteiger partial charge in [0.05, 0.1) is 10.9 Å². The van der Waals surface area contributed by atoms with Gasteiger partial charge in [0.1, 0.15) is 0 Å². The average Bonchev–Trinajstić information content (AvgIpc) is 2.85. The van der Waals surface area contributed by atoms with Crippen LogP contribution in [0, 0.1) is 0 Å². The lowest BCUT2D eigenvalue weighted by molar-refractivity contribution is 0.163. The van der Waals surface area contributed by atoms with Crippen LogP contribution in [0.3, 0.4) is 0 Å². The molecule has 1 aromatic heterocycles. The van der Waals surface area contributed by atoms with Gasteiger partial charge in [-0.25, -0.2) is 0 Å². The zero-order chi connectivity index (χ0) is 10.7. The van der Waals surface area contributed by atoms with Crippen molar-refractivity contribution < 1.29 is 5.11 Å². The lowest BCUT2D eigenvalue weighted by Gasteiger charge is -2.27. The Morgan fingerprint density at radius 2 is 2.13 bits per heavy atom. The molecule has 2 N–H and O–H groups in total. The minimum Gasteiger partial charge on any atom is -0.394 e. The third-order valence-electron chi connectivity index (χ3n) is 3.13. The highest BCUT2D eigenvalue weighted by Gasteiger charge is 2.32. The summed E-state index contributed by atoms with van der Waals surface area (Å²) in [5.41, 5.74) is -0.0313. The SMILES string of the molecule is OCC1(NCc2ccc(Cl)s2)CCCC1. The van der Waals surface area contributed by atoms with E-state index in [9.17, 15) is 5.11 Å². The van der Waals surface area contributed by atoms with Crippen LogP contribution in [0.1, 0.15) is 30.6 Å². The van der Waals surface area contributed by atoms with Crippen LogP contribution < -0.4 is 5.32 Å². The summed E-state index contributed by atoms with van der Waals surface area (Å²) >= 11 is 7.47. The van der Waals surface area contributed by atoms with Crippen molar-refractivity contribution in [1.82, 2.24) is 5.32 Å². The first-order valence-electron chi connectivity index (χ1n) is 5.34. The number of hydrogen-bond donors (Lipinski definition) is 2. The van der Waals surface area contributed by atoms with Crippen LogP contribution in [0.2, 0.25) is 4.34 Å². The van der Waals surface area contributed by atoms with Crippen molar-refractivity contribution >= 4 is 22.9 Å². The van der Waals surface area contributed by atoms with Gasteiger partial charge in [0, 0.05) is 17.0 Å². The van der Waals surface area contributed by atoms with Crippen molar-refractivity contribution in [2.75, 3.05) is 6.61 Å². The fraction of sp³-hybridized carbons (Fsp3) is 0.636. The second-order valence-corrected chi connectivity index (χ2v) is 6.00. The summed E-state index contributed by atoms with van der Waals surface area (Å²) < 4.78 is 0.830. The quantitative estimate of drug-likeness (QED) is 0.855. The van der Waals surface area contributed by atoms with Crippen LogP contribution >= 0.6 is 22.9 Å². The Labute approximate surface area is 99.3 Å². The molecule has 4 heteroatoms. The largest absolute Gasteiger partial charge is 0.394 e. The number of halogens is 1. The van der Waals surface area contributed by atoms with Gasteiger partial charge in [-0.3, -0.25) is 0 Å². The first-order valence-corrected chi connectivity index (χ1v) is 6.54. The van der Waals surface area contributed by atoms with Gasteiger partial charge in [-0.15, -0.1) is 11.3 Å². The molecule has 0 aliphatic heterocycles. The van der Waals surface area contributed by atoms with E-state index < -0.39 is 0 Å². The number of aliphatic hydroxyl groups is 1. The summed E-state index contributed by atoms with van der Waals surface area (Å²) in [6, 6.07) is 3.96. The fourth-order valence-corrected chi connectivity index (χ4v) is 3.19. The summed E-state index contributed by atoms with van der Waals surface area (Å²) in [5.74, 6) is 0. The number of rotatable bonds is 4. The van der Waals surface area contributed by atoms with E-state index in [4.69, 9.17) is 11.6 Å². The molecular formula is C11H16ClNOS. The van der Waals surface area contributed by atoms with Gasteiger partial charge in [0.2, 0.25) is 0 Å². The van der Waals surface area contributed by atoms with Crippen molar-refractivity contribution in [3.8, 4) is 0 Å². The third kappa shape index (κ3) is 2.72. The van der Waals surface area contributed by atoms with Crippen LogP contribution in [-0.2, 0) is 6.54 Å². The molecule has 0 radical (unpaired) electrons. The predicted octanol–water partition coefficient (Wildman–Crippen LogP) is 2.80. The van der Waals surface area contributed by atoms with E-state index in [1.807, 2.05) is 12.1 Å². The highest BCUT2D eigenvalue weighted by Crippen LogP contribution is 2.30. The van der Waals surface area contributed by atoms with Crippen molar-refractivity contribution in [3.05, 3.63) is 21.3 Å². The number of nitrogens with one attached hydrogen (secondary N) is 1. The molecule has 84 valence electrons. The smallest absolute Gasteiger partial charge is 0.0931 e. The third-order valence-corrected chi connectivity index (χ3v) is 4.36. The van der Waals surface area contributed by atoms with Crippen LogP contribution in [-0.4, -0.2) is 17.3 Å². The molecule has 2 rings (SSSR count). The molecule has 0 spiro atoms. The second-order valence-electron chi connectivity index (χ2n) is 4.20. The Balaban J connectivity index is 1.91. The Morgan fingerprint density at radius 1 is 1.40 bits per heavy atom. The van der Waals surface area contributed by atoms with Gasteiger partial charge < -0.3 is 10.4 Å². The maximum atomic E-state index is 9.41. The molecule has 1 aliphatic carbocycles. The van der Waals surface area contributed by atoms with Gasteiger partial charge in [0.25, 0.3) is 0 Å². The molecule has 0 aromatic carbocycles. The zero-order valence-corrected chi connectivity index (χ0v) is 10.2. The lowest BCUT2D eigenvalue weighted by atomic mass is 9.99. The Kier molecular flexibility index (Phi) is 3.67. The monoisotopic (exact) mass is 245 g/mol. The normalized spacial score (nSPS) is 19.6. The molecule has 1 fully saturated rings. The fourth-order valence-electron chi connectivity index (χ4n) is 2.16. The first kappa shape index (κ1) is 11.4. The van der Waals surface area contributed by atoms with E-state index in [0.717, 1.165) is 23.7 Å². The van der Waals surface area contributed by atoms with E-state index in [1.54, 1.807) is 11.3 Å².